The number of amides is 2. The number of carbonyl (C=O) groups is 2. The molecule has 3 N–H and O–H groups in total. The molecular weight excluding hydrogens is 450 g/mol. The van der Waals surface area contributed by atoms with Crippen molar-refractivity contribution in [1.29, 1.82) is 0 Å². The molecule has 0 aliphatic carbocycles. The van der Waals surface area contributed by atoms with Crippen LogP contribution in [0.15, 0.2) is 53.4 Å². The zero-order valence-electron chi connectivity index (χ0n) is 17.6. The van der Waals surface area contributed by atoms with Gasteiger partial charge in [0.25, 0.3) is 0 Å². The molecule has 1 aromatic heterocycles. The molecule has 1 heterocycles. The van der Waals surface area contributed by atoms with Crippen LogP contribution in [0.1, 0.15) is 28.6 Å². The monoisotopic (exact) mass is 473 g/mol. The van der Waals surface area contributed by atoms with Gasteiger partial charge in [0.05, 0.1) is 10.6 Å². The van der Waals surface area contributed by atoms with Gasteiger partial charge in [-0.25, -0.2) is 18.2 Å². The molecule has 10 heteroatoms. The van der Waals surface area contributed by atoms with E-state index in [1.807, 2.05) is 12.1 Å². The third-order valence-electron chi connectivity index (χ3n) is 4.63. The van der Waals surface area contributed by atoms with Crippen LogP contribution in [-0.4, -0.2) is 36.8 Å². The Morgan fingerprint density at radius 3 is 2.16 bits per heavy atom. The Morgan fingerprint density at radius 2 is 1.59 bits per heavy atom. The molecule has 0 saturated carbocycles. The average Bonchev–Trinajstić information content (AvgIpc) is 3.07. The van der Waals surface area contributed by atoms with E-state index in [4.69, 9.17) is 5.11 Å². The smallest absolute Gasteiger partial charge is 0.409 e. The van der Waals surface area contributed by atoms with Crippen molar-refractivity contribution in [2.75, 3.05) is 16.9 Å². The number of nitrogens with one attached hydrogen (secondary N) is 2. The highest BCUT2D eigenvalue weighted by Crippen LogP contribution is 2.27. The van der Waals surface area contributed by atoms with Crippen LogP contribution in [0.5, 0.6) is 0 Å². The molecule has 0 unspecified atom stereocenters. The maximum absolute atomic E-state index is 11.7. The number of benzene rings is 2. The average molecular weight is 474 g/mol. The van der Waals surface area contributed by atoms with Gasteiger partial charge in [0, 0.05) is 30.2 Å². The van der Waals surface area contributed by atoms with Gasteiger partial charge in [0.1, 0.15) is 0 Å². The number of anilines is 2. The summed E-state index contributed by atoms with van der Waals surface area (Å²) in [4.78, 5) is 28.0. The lowest BCUT2D eigenvalue weighted by atomic mass is 10.0. The quantitative estimate of drug-likeness (QED) is 0.455. The number of aromatic nitrogens is 1. The molecule has 8 nitrogen and oxygen atoms in total. The molecule has 168 valence electrons. The SMILES string of the molecule is CC(=O)Nc1nc(CCc2ccc(NC(=O)O)cc2)c(Cc2ccc(S(C)(=O)=O)cc2)s1. The van der Waals surface area contributed by atoms with Gasteiger partial charge in [-0.1, -0.05) is 24.3 Å². The highest BCUT2D eigenvalue weighted by Gasteiger charge is 2.14. The van der Waals surface area contributed by atoms with E-state index < -0.39 is 15.9 Å². The number of hydrogen-bond acceptors (Lipinski definition) is 6. The molecular formula is C22H23N3O5S2. The van der Waals surface area contributed by atoms with Crippen LogP contribution in [0.4, 0.5) is 15.6 Å². The molecule has 0 aliphatic rings. The van der Waals surface area contributed by atoms with Crippen molar-refractivity contribution in [2.45, 2.75) is 31.1 Å². The van der Waals surface area contributed by atoms with Crippen molar-refractivity contribution in [3.63, 3.8) is 0 Å². The van der Waals surface area contributed by atoms with E-state index in [0.29, 0.717) is 30.1 Å². The molecule has 2 amide bonds. The van der Waals surface area contributed by atoms with E-state index in [0.717, 1.165) is 21.7 Å². The maximum atomic E-state index is 11.7. The second-order valence-corrected chi connectivity index (χ2v) is 10.4. The van der Waals surface area contributed by atoms with Gasteiger partial charge in [-0.3, -0.25) is 10.1 Å². The molecule has 32 heavy (non-hydrogen) atoms. The number of sulfone groups is 1. The van der Waals surface area contributed by atoms with Crippen LogP contribution in [-0.2, 0) is 33.9 Å². The zero-order chi connectivity index (χ0) is 23.3. The molecule has 0 saturated heterocycles. The van der Waals surface area contributed by atoms with Crippen molar-refractivity contribution in [1.82, 2.24) is 4.98 Å². The van der Waals surface area contributed by atoms with Gasteiger partial charge in [0.2, 0.25) is 5.91 Å². The van der Waals surface area contributed by atoms with Gasteiger partial charge < -0.3 is 10.4 Å². The number of carbonyl (C=O) groups excluding carboxylic acids is 1. The topological polar surface area (TPSA) is 125 Å². The lowest BCUT2D eigenvalue weighted by molar-refractivity contribution is -0.114. The number of nitrogens with zero attached hydrogens (tertiary/aromatic N) is 1. The minimum atomic E-state index is -3.25. The van der Waals surface area contributed by atoms with Crippen LogP contribution in [0.2, 0.25) is 0 Å². The predicted molar refractivity (Wildman–Crippen MR) is 124 cm³/mol. The Kier molecular flexibility index (Phi) is 7.26. The number of rotatable bonds is 8. The summed E-state index contributed by atoms with van der Waals surface area (Å²) in [6.45, 7) is 1.43. The van der Waals surface area contributed by atoms with Crippen molar-refractivity contribution < 1.29 is 23.1 Å². The van der Waals surface area contributed by atoms with Crippen LogP contribution < -0.4 is 10.6 Å². The van der Waals surface area contributed by atoms with Gasteiger partial charge >= 0.3 is 6.09 Å². The standard InChI is InChI=1S/C22H23N3O5S2/c1-14(26)23-21-25-19(12-7-15-3-8-17(9-4-15)24-22(27)28)20(31-21)13-16-5-10-18(11-6-16)32(2,29)30/h3-6,8-11,24H,7,12-13H2,1-2H3,(H,27,28)(H,23,25,26). The Labute approximate surface area is 190 Å². The maximum Gasteiger partial charge on any atom is 0.409 e. The first-order chi connectivity index (χ1) is 15.1. The molecule has 0 bridgehead atoms. The second kappa shape index (κ2) is 9.92. The molecule has 2 aromatic carbocycles. The summed E-state index contributed by atoms with van der Waals surface area (Å²) in [5.74, 6) is -0.198. The van der Waals surface area contributed by atoms with Crippen LogP contribution >= 0.6 is 11.3 Å². The zero-order valence-corrected chi connectivity index (χ0v) is 19.2. The van der Waals surface area contributed by atoms with E-state index in [1.165, 1.54) is 24.5 Å². The number of thiazole rings is 1. The van der Waals surface area contributed by atoms with Crippen molar-refractivity contribution in [3.8, 4) is 0 Å². The molecule has 3 rings (SSSR count). The fourth-order valence-corrected chi connectivity index (χ4v) is 4.82. The first-order valence-electron chi connectivity index (χ1n) is 9.74. The largest absolute Gasteiger partial charge is 0.465 e. The molecule has 0 radical (unpaired) electrons. The number of hydrogen-bond donors (Lipinski definition) is 3. The Morgan fingerprint density at radius 1 is 0.969 bits per heavy atom. The lowest BCUT2D eigenvalue weighted by Crippen LogP contribution is -2.07. The Hall–Kier alpha value is -3.24. The highest BCUT2D eigenvalue weighted by molar-refractivity contribution is 7.90. The van der Waals surface area contributed by atoms with Crippen molar-refractivity contribution >= 4 is 44.0 Å². The lowest BCUT2D eigenvalue weighted by Gasteiger charge is -2.06. The first kappa shape index (κ1) is 23.4. The molecule has 3 aromatic rings. The second-order valence-electron chi connectivity index (χ2n) is 7.29. The summed E-state index contributed by atoms with van der Waals surface area (Å²) < 4.78 is 23.3. The Bertz CT molecular complexity index is 1220. The van der Waals surface area contributed by atoms with Crippen molar-refractivity contribution in [3.05, 3.63) is 70.2 Å². The van der Waals surface area contributed by atoms with E-state index in [-0.39, 0.29) is 10.8 Å². The number of carboxylic acid groups (broad SMARTS) is 1. The predicted octanol–water partition coefficient (Wildman–Crippen LogP) is 3.97. The van der Waals surface area contributed by atoms with E-state index in [9.17, 15) is 18.0 Å². The van der Waals surface area contributed by atoms with E-state index in [1.54, 1.807) is 36.4 Å². The number of aryl methyl sites for hydroxylation is 2. The van der Waals surface area contributed by atoms with E-state index >= 15 is 0 Å². The van der Waals surface area contributed by atoms with Gasteiger partial charge in [-0.2, -0.15) is 0 Å². The van der Waals surface area contributed by atoms with E-state index in [2.05, 4.69) is 15.6 Å². The van der Waals surface area contributed by atoms with Crippen LogP contribution in [0.3, 0.4) is 0 Å². The summed E-state index contributed by atoms with van der Waals surface area (Å²) in [5.41, 5.74) is 3.33. The summed E-state index contributed by atoms with van der Waals surface area (Å²) >= 11 is 1.40. The van der Waals surface area contributed by atoms with Gasteiger partial charge in [-0.15, -0.1) is 11.3 Å². The molecule has 0 spiro atoms. The summed E-state index contributed by atoms with van der Waals surface area (Å²) in [5, 5.41) is 14.3. The summed E-state index contributed by atoms with van der Waals surface area (Å²) in [7, 11) is -3.25. The first-order valence-corrected chi connectivity index (χ1v) is 12.4. The minimum Gasteiger partial charge on any atom is -0.465 e. The summed E-state index contributed by atoms with van der Waals surface area (Å²) in [6, 6.07) is 13.9. The Balaban J connectivity index is 1.76. The summed E-state index contributed by atoms with van der Waals surface area (Å²) in [6.07, 6.45) is 1.96. The van der Waals surface area contributed by atoms with Crippen LogP contribution in [0, 0.1) is 0 Å². The molecule has 0 fully saturated rings. The normalized spacial score (nSPS) is 11.2. The fourth-order valence-electron chi connectivity index (χ4n) is 3.10. The third-order valence-corrected chi connectivity index (χ3v) is 6.77. The van der Waals surface area contributed by atoms with Gasteiger partial charge in [0.15, 0.2) is 15.0 Å². The highest BCUT2D eigenvalue weighted by atomic mass is 32.2. The van der Waals surface area contributed by atoms with Crippen molar-refractivity contribution in [2.24, 2.45) is 0 Å². The van der Waals surface area contributed by atoms with Gasteiger partial charge in [-0.05, 0) is 48.2 Å². The minimum absolute atomic E-state index is 0.198. The van der Waals surface area contributed by atoms with Crippen LogP contribution in [0.25, 0.3) is 0 Å². The molecule has 0 atom stereocenters. The third kappa shape index (κ3) is 6.63. The fraction of sp³-hybridized carbons (Fsp3) is 0.227. The molecule has 0 aliphatic heterocycles.